The number of aliphatic hydroxyl groups is 1. The van der Waals surface area contributed by atoms with Crippen LogP contribution in [0, 0.1) is 6.92 Å². The molecule has 1 aliphatic heterocycles. The summed E-state index contributed by atoms with van der Waals surface area (Å²) in [5, 5.41) is 16.5. The van der Waals surface area contributed by atoms with Gasteiger partial charge in [-0.1, -0.05) is 30.3 Å². The molecule has 2 aromatic carbocycles. The van der Waals surface area contributed by atoms with E-state index in [1.165, 1.54) is 10.8 Å². The summed E-state index contributed by atoms with van der Waals surface area (Å²) in [6, 6.07) is 16.5. The van der Waals surface area contributed by atoms with Crippen molar-refractivity contribution in [1.82, 2.24) is 14.7 Å². The predicted octanol–water partition coefficient (Wildman–Crippen LogP) is 2.36. The first-order chi connectivity index (χ1) is 12.7. The van der Waals surface area contributed by atoms with Crippen LogP contribution in [0.15, 0.2) is 48.5 Å². The van der Waals surface area contributed by atoms with Crippen molar-refractivity contribution in [2.75, 3.05) is 32.8 Å². The molecule has 0 aliphatic carbocycles. The maximum Gasteiger partial charge on any atom is 0.233 e. The van der Waals surface area contributed by atoms with Gasteiger partial charge >= 0.3 is 0 Å². The van der Waals surface area contributed by atoms with E-state index in [2.05, 4.69) is 40.3 Å². The van der Waals surface area contributed by atoms with Gasteiger partial charge < -0.3 is 14.6 Å². The second-order valence-corrected chi connectivity index (χ2v) is 6.54. The lowest BCUT2D eigenvalue weighted by atomic mass is 10.1. The van der Waals surface area contributed by atoms with Crippen LogP contribution in [0.5, 0.6) is 5.88 Å². The summed E-state index contributed by atoms with van der Waals surface area (Å²) in [7, 11) is 0. The quantitative estimate of drug-likeness (QED) is 0.763. The number of hydrogen-bond acceptors (Lipinski definition) is 5. The van der Waals surface area contributed by atoms with E-state index >= 15 is 0 Å². The van der Waals surface area contributed by atoms with Gasteiger partial charge in [0.2, 0.25) is 5.88 Å². The summed E-state index contributed by atoms with van der Waals surface area (Å²) >= 11 is 0. The zero-order valence-corrected chi connectivity index (χ0v) is 14.8. The number of nitrogens with zero attached hydrogens (tertiary/aromatic N) is 3. The Kier molecular flexibility index (Phi) is 4.88. The van der Waals surface area contributed by atoms with E-state index in [1.807, 2.05) is 29.8 Å². The first-order valence-electron chi connectivity index (χ1n) is 8.90. The van der Waals surface area contributed by atoms with Crippen LogP contribution >= 0.6 is 0 Å². The van der Waals surface area contributed by atoms with Gasteiger partial charge in [-0.2, -0.15) is 0 Å². The third-order valence-corrected chi connectivity index (χ3v) is 4.63. The summed E-state index contributed by atoms with van der Waals surface area (Å²) < 4.78 is 12.9. The lowest BCUT2D eigenvalue weighted by molar-refractivity contribution is -0.146. The van der Waals surface area contributed by atoms with Gasteiger partial charge in [0.05, 0.1) is 12.3 Å². The van der Waals surface area contributed by atoms with Crippen molar-refractivity contribution in [2.24, 2.45) is 0 Å². The van der Waals surface area contributed by atoms with Crippen molar-refractivity contribution in [3.8, 4) is 11.6 Å². The molecule has 0 saturated carbocycles. The Hall–Kier alpha value is -2.41. The molecule has 0 radical (unpaired) electrons. The van der Waals surface area contributed by atoms with Gasteiger partial charge in [-0.3, -0.25) is 4.90 Å². The average molecular weight is 353 g/mol. The molecular formula is C20H23N3O3. The van der Waals surface area contributed by atoms with E-state index in [-0.39, 0.29) is 0 Å². The lowest BCUT2D eigenvalue weighted by Gasteiger charge is -2.29. The van der Waals surface area contributed by atoms with Gasteiger partial charge in [0.25, 0.3) is 0 Å². The maximum absolute atomic E-state index is 9.52. The van der Waals surface area contributed by atoms with Crippen LogP contribution in [0.3, 0.4) is 0 Å². The van der Waals surface area contributed by atoms with Gasteiger partial charge in [-0.25, -0.2) is 4.68 Å². The Morgan fingerprint density at radius 2 is 2.04 bits per heavy atom. The molecule has 1 atom stereocenters. The highest BCUT2D eigenvalue weighted by atomic mass is 16.6. The minimum Gasteiger partial charge on any atom is -0.475 e. The molecule has 1 aromatic heterocycles. The van der Waals surface area contributed by atoms with Crippen LogP contribution in [0.1, 0.15) is 5.69 Å². The molecule has 0 amide bonds. The van der Waals surface area contributed by atoms with Gasteiger partial charge in [-0.05, 0) is 29.8 Å². The Balaban J connectivity index is 1.43. The van der Waals surface area contributed by atoms with Crippen molar-refractivity contribution in [2.45, 2.75) is 13.2 Å². The summed E-state index contributed by atoms with van der Waals surface area (Å²) in [6.07, 6.45) is -0.696. The van der Waals surface area contributed by atoms with Crippen molar-refractivity contribution in [3.63, 3.8) is 0 Å². The van der Waals surface area contributed by atoms with Gasteiger partial charge in [0.1, 0.15) is 6.61 Å². The molecule has 6 heteroatoms. The standard InChI is InChI=1S/C20H23N3O3/c1-15-12-19(25-10-8-22-9-11-26-20(24)14-22)21-23(15)18-7-6-16-4-2-3-5-17(16)13-18/h2-7,12-13,20,24H,8-11,14H2,1H3. The average Bonchev–Trinajstić information content (AvgIpc) is 3.02. The first kappa shape index (κ1) is 17.0. The molecule has 1 saturated heterocycles. The zero-order valence-electron chi connectivity index (χ0n) is 14.8. The zero-order chi connectivity index (χ0) is 17.9. The smallest absolute Gasteiger partial charge is 0.233 e. The first-order valence-corrected chi connectivity index (χ1v) is 8.90. The van der Waals surface area contributed by atoms with Crippen LogP contribution < -0.4 is 4.74 Å². The van der Waals surface area contributed by atoms with Gasteiger partial charge in [0.15, 0.2) is 6.29 Å². The Labute approximate surface area is 152 Å². The third-order valence-electron chi connectivity index (χ3n) is 4.63. The topological polar surface area (TPSA) is 59.8 Å². The van der Waals surface area contributed by atoms with E-state index in [1.54, 1.807) is 0 Å². The molecule has 0 spiro atoms. The van der Waals surface area contributed by atoms with Crippen LogP contribution in [0.25, 0.3) is 16.5 Å². The fourth-order valence-corrected chi connectivity index (χ4v) is 3.25. The lowest BCUT2D eigenvalue weighted by Crippen LogP contribution is -2.43. The van der Waals surface area contributed by atoms with Crippen molar-refractivity contribution < 1.29 is 14.6 Å². The van der Waals surface area contributed by atoms with Crippen LogP contribution in [-0.2, 0) is 4.74 Å². The molecule has 0 bridgehead atoms. The number of β-amino-alcohol motifs (C(OH)–C–C–N with tert-alkyl or cyclic N) is 1. The molecule has 4 rings (SSSR count). The Morgan fingerprint density at radius 1 is 1.19 bits per heavy atom. The number of aliphatic hydroxyl groups excluding tert-OH is 1. The molecule has 26 heavy (non-hydrogen) atoms. The molecule has 1 N–H and O–H groups in total. The fraction of sp³-hybridized carbons (Fsp3) is 0.350. The molecule has 1 unspecified atom stereocenters. The predicted molar refractivity (Wildman–Crippen MR) is 99.7 cm³/mol. The summed E-state index contributed by atoms with van der Waals surface area (Å²) in [4.78, 5) is 2.13. The van der Waals surface area contributed by atoms with Crippen molar-refractivity contribution in [1.29, 1.82) is 0 Å². The Bertz CT molecular complexity index is 893. The number of hydrogen-bond donors (Lipinski definition) is 1. The highest BCUT2D eigenvalue weighted by molar-refractivity contribution is 5.84. The molecular weight excluding hydrogens is 330 g/mol. The number of benzene rings is 2. The van der Waals surface area contributed by atoms with E-state index in [0.717, 1.165) is 24.5 Å². The molecule has 1 aliphatic rings. The van der Waals surface area contributed by atoms with Gasteiger partial charge in [-0.15, -0.1) is 5.10 Å². The number of rotatable bonds is 5. The van der Waals surface area contributed by atoms with E-state index in [9.17, 15) is 5.11 Å². The number of aryl methyl sites for hydroxylation is 1. The molecule has 3 aromatic rings. The van der Waals surface area contributed by atoms with Crippen LogP contribution in [-0.4, -0.2) is 58.9 Å². The highest BCUT2D eigenvalue weighted by Crippen LogP contribution is 2.21. The molecule has 136 valence electrons. The summed E-state index contributed by atoms with van der Waals surface area (Å²) in [5.41, 5.74) is 2.05. The molecule has 1 fully saturated rings. The molecule has 6 nitrogen and oxygen atoms in total. The van der Waals surface area contributed by atoms with Crippen LogP contribution in [0.4, 0.5) is 0 Å². The van der Waals surface area contributed by atoms with Gasteiger partial charge in [0, 0.05) is 31.4 Å². The summed E-state index contributed by atoms with van der Waals surface area (Å²) in [6.45, 7) is 5.17. The van der Waals surface area contributed by atoms with E-state index < -0.39 is 6.29 Å². The second-order valence-electron chi connectivity index (χ2n) is 6.54. The summed E-state index contributed by atoms with van der Waals surface area (Å²) in [5.74, 6) is 0.615. The number of aromatic nitrogens is 2. The van der Waals surface area contributed by atoms with Crippen molar-refractivity contribution >= 4 is 10.8 Å². The maximum atomic E-state index is 9.52. The SMILES string of the molecule is Cc1cc(OCCN2CCOC(O)C2)nn1-c1ccc2ccccc2c1. The van der Waals surface area contributed by atoms with Crippen LogP contribution in [0.2, 0.25) is 0 Å². The van der Waals surface area contributed by atoms with E-state index in [4.69, 9.17) is 9.47 Å². The largest absolute Gasteiger partial charge is 0.475 e. The van der Waals surface area contributed by atoms with Crippen molar-refractivity contribution in [3.05, 3.63) is 54.2 Å². The number of morpholine rings is 1. The number of ether oxygens (including phenoxy) is 2. The minimum absolute atomic E-state index is 0.522. The highest BCUT2D eigenvalue weighted by Gasteiger charge is 2.17. The second kappa shape index (κ2) is 7.45. The number of fused-ring (bicyclic) bond motifs is 1. The van der Waals surface area contributed by atoms with E-state index in [0.29, 0.717) is 25.6 Å². The normalized spacial score (nSPS) is 18.3. The molecule has 2 heterocycles. The minimum atomic E-state index is -0.696. The monoisotopic (exact) mass is 353 g/mol. The third kappa shape index (κ3) is 3.72. The fourth-order valence-electron chi connectivity index (χ4n) is 3.25. The Morgan fingerprint density at radius 3 is 2.88 bits per heavy atom.